The molecule has 3 rings (SSSR count). The highest BCUT2D eigenvalue weighted by Crippen LogP contribution is 2.36. The molecule has 0 aliphatic heterocycles. The molecular weight excluding hydrogens is 304 g/mol. The van der Waals surface area contributed by atoms with Crippen LogP contribution < -0.4 is 10.5 Å². The summed E-state index contributed by atoms with van der Waals surface area (Å²) in [6, 6.07) is 12.3. The van der Waals surface area contributed by atoms with Gasteiger partial charge in [-0.05, 0) is 47.2 Å². The summed E-state index contributed by atoms with van der Waals surface area (Å²) in [6.07, 6.45) is 0.441. The van der Waals surface area contributed by atoms with E-state index in [0.717, 1.165) is 28.7 Å². The Labute approximate surface area is 131 Å². The highest BCUT2D eigenvalue weighted by molar-refractivity contribution is 5.67. The topological polar surface area (TPSA) is 61.6 Å². The molecule has 4 nitrogen and oxygen atoms in total. The molecule has 1 amide bonds. The summed E-state index contributed by atoms with van der Waals surface area (Å²) in [6.45, 7) is -2.83. The van der Waals surface area contributed by atoms with Gasteiger partial charge < -0.3 is 15.2 Å². The molecule has 0 saturated carbocycles. The molecule has 0 radical (unpaired) electrons. The van der Waals surface area contributed by atoms with Gasteiger partial charge in [-0.2, -0.15) is 8.78 Å². The number of hydrogen-bond acceptors (Lipinski definition) is 3. The van der Waals surface area contributed by atoms with Gasteiger partial charge in [0.25, 0.3) is 0 Å². The first-order valence-electron chi connectivity index (χ1n) is 7.17. The van der Waals surface area contributed by atoms with Crippen LogP contribution in [0.2, 0.25) is 0 Å². The van der Waals surface area contributed by atoms with Gasteiger partial charge in [0.15, 0.2) is 0 Å². The Hall–Kier alpha value is -2.63. The number of primary amides is 1. The first-order valence-corrected chi connectivity index (χ1v) is 7.17. The molecule has 2 aromatic carbocycles. The van der Waals surface area contributed by atoms with Crippen molar-refractivity contribution >= 4 is 6.09 Å². The van der Waals surface area contributed by atoms with Gasteiger partial charge in [-0.15, -0.1) is 0 Å². The molecule has 1 aliphatic rings. The zero-order chi connectivity index (χ0) is 16.4. The third kappa shape index (κ3) is 3.41. The first kappa shape index (κ1) is 15.3. The average molecular weight is 319 g/mol. The van der Waals surface area contributed by atoms with Crippen molar-refractivity contribution in [2.45, 2.75) is 25.6 Å². The molecule has 2 N–H and O–H groups in total. The second-order valence-electron chi connectivity index (χ2n) is 5.28. The van der Waals surface area contributed by atoms with Crippen molar-refractivity contribution in [2.75, 3.05) is 0 Å². The lowest BCUT2D eigenvalue weighted by Gasteiger charge is -2.12. The number of fused-ring (bicyclic) bond motifs is 1. The predicted molar refractivity (Wildman–Crippen MR) is 80.2 cm³/mol. The fraction of sp³-hybridized carbons (Fsp3) is 0.235. The zero-order valence-corrected chi connectivity index (χ0v) is 12.2. The van der Waals surface area contributed by atoms with Crippen molar-refractivity contribution in [2.24, 2.45) is 5.73 Å². The lowest BCUT2D eigenvalue weighted by atomic mass is 10.00. The van der Waals surface area contributed by atoms with E-state index in [1.807, 2.05) is 18.2 Å². The average Bonchev–Trinajstić information content (AvgIpc) is 2.89. The summed E-state index contributed by atoms with van der Waals surface area (Å²) in [5.41, 5.74) is 9.00. The number of aryl methyl sites for hydroxylation is 1. The van der Waals surface area contributed by atoms with Gasteiger partial charge in [-0.25, -0.2) is 4.79 Å². The smallest absolute Gasteiger partial charge is 0.405 e. The van der Waals surface area contributed by atoms with Crippen LogP contribution in [0.4, 0.5) is 13.6 Å². The monoisotopic (exact) mass is 319 g/mol. The van der Waals surface area contributed by atoms with Gasteiger partial charge in [0.05, 0.1) is 0 Å². The van der Waals surface area contributed by atoms with E-state index < -0.39 is 12.7 Å². The molecule has 0 saturated heterocycles. The number of halogens is 2. The van der Waals surface area contributed by atoms with Crippen molar-refractivity contribution in [1.29, 1.82) is 0 Å². The zero-order valence-electron chi connectivity index (χ0n) is 12.2. The normalized spacial score (nSPS) is 16.2. The Morgan fingerprint density at radius 2 is 1.83 bits per heavy atom. The molecule has 0 spiro atoms. The molecule has 0 fully saturated rings. The maximum absolute atomic E-state index is 12.2. The van der Waals surface area contributed by atoms with E-state index in [4.69, 9.17) is 10.5 Å². The van der Waals surface area contributed by atoms with Gasteiger partial charge in [-0.1, -0.05) is 30.3 Å². The van der Waals surface area contributed by atoms with Crippen LogP contribution in [0, 0.1) is 0 Å². The Bertz CT molecular complexity index is 716. The number of amides is 1. The molecule has 2 aromatic rings. The van der Waals surface area contributed by atoms with Gasteiger partial charge >= 0.3 is 12.7 Å². The second-order valence-corrected chi connectivity index (χ2v) is 5.28. The fourth-order valence-corrected chi connectivity index (χ4v) is 2.85. The molecule has 1 unspecified atom stereocenters. The maximum atomic E-state index is 12.2. The summed E-state index contributed by atoms with van der Waals surface area (Å²) in [7, 11) is 0. The van der Waals surface area contributed by atoms with E-state index in [0.29, 0.717) is 6.42 Å². The summed E-state index contributed by atoms with van der Waals surface area (Å²) in [5, 5.41) is 0. The van der Waals surface area contributed by atoms with Crippen LogP contribution in [0.25, 0.3) is 11.1 Å². The molecule has 120 valence electrons. The predicted octanol–water partition coefficient (Wildman–Crippen LogP) is 4.04. The van der Waals surface area contributed by atoms with E-state index in [1.165, 1.54) is 12.1 Å². The van der Waals surface area contributed by atoms with Crippen molar-refractivity contribution in [1.82, 2.24) is 0 Å². The van der Waals surface area contributed by atoms with Crippen LogP contribution in [0.15, 0.2) is 42.5 Å². The van der Waals surface area contributed by atoms with Crippen LogP contribution in [0.5, 0.6) is 5.75 Å². The largest absolute Gasteiger partial charge is 0.441 e. The highest BCUT2D eigenvalue weighted by Gasteiger charge is 2.25. The summed E-state index contributed by atoms with van der Waals surface area (Å²) >= 11 is 0. The minimum atomic E-state index is -2.83. The minimum absolute atomic E-state index is 0.125. The van der Waals surface area contributed by atoms with E-state index >= 15 is 0 Å². The van der Waals surface area contributed by atoms with E-state index in [2.05, 4.69) is 4.74 Å². The number of nitrogens with two attached hydrogens (primary N) is 1. The van der Waals surface area contributed by atoms with Gasteiger partial charge in [0.2, 0.25) is 0 Å². The van der Waals surface area contributed by atoms with Crippen LogP contribution >= 0.6 is 0 Å². The number of ether oxygens (including phenoxy) is 2. The van der Waals surface area contributed by atoms with Gasteiger partial charge in [0.1, 0.15) is 11.9 Å². The quantitative estimate of drug-likeness (QED) is 0.925. The molecule has 0 aromatic heterocycles. The molecule has 23 heavy (non-hydrogen) atoms. The Balaban J connectivity index is 1.81. The van der Waals surface area contributed by atoms with Crippen LogP contribution in [-0.2, 0) is 11.2 Å². The van der Waals surface area contributed by atoms with Crippen LogP contribution in [0.1, 0.15) is 23.7 Å². The third-order valence-corrected chi connectivity index (χ3v) is 3.84. The van der Waals surface area contributed by atoms with Crippen LogP contribution in [0.3, 0.4) is 0 Å². The molecule has 0 bridgehead atoms. The highest BCUT2D eigenvalue weighted by atomic mass is 19.3. The summed E-state index contributed by atoms with van der Waals surface area (Å²) in [4.78, 5) is 10.9. The van der Waals surface area contributed by atoms with Crippen LogP contribution in [-0.4, -0.2) is 12.7 Å². The standard InChI is InChI=1S/C17H15F2NO3/c18-16(19)22-13-5-1-10(2-6-13)11-3-7-14-12(9-11)4-8-15(14)23-17(20)21/h1-3,5-7,9,15-16H,4,8H2,(H2,20,21). The molecule has 0 heterocycles. The van der Waals surface area contributed by atoms with Crippen molar-refractivity contribution in [3.63, 3.8) is 0 Å². The van der Waals surface area contributed by atoms with E-state index in [1.54, 1.807) is 12.1 Å². The Morgan fingerprint density at radius 1 is 1.13 bits per heavy atom. The maximum Gasteiger partial charge on any atom is 0.405 e. The number of carbonyl (C=O) groups excluding carboxylic acids is 1. The third-order valence-electron chi connectivity index (χ3n) is 3.84. The van der Waals surface area contributed by atoms with Crippen molar-refractivity contribution < 1.29 is 23.0 Å². The summed E-state index contributed by atoms with van der Waals surface area (Å²) in [5.74, 6) is 0.125. The number of alkyl halides is 2. The number of carbonyl (C=O) groups is 1. The number of hydrogen-bond donors (Lipinski definition) is 1. The van der Waals surface area contributed by atoms with Gasteiger partial charge in [-0.3, -0.25) is 0 Å². The Morgan fingerprint density at radius 3 is 2.48 bits per heavy atom. The lowest BCUT2D eigenvalue weighted by Crippen LogP contribution is -2.15. The number of rotatable bonds is 4. The summed E-state index contributed by atoms with van der Waals surface area (Å²) < 4.78 is 33.7. The lowest BCUT2D eigenvalue weighted by molar-refractivity contribution is -0.0498. The Kier molecular flexibility index (Phi) is 4.14. The first-order chi connectivity index (χ1) is 11.0. The molecule has 1 aliphatic carbocycles. The van der Waals surface area contributed by atoms with Crippen molar-refractivity contribution in [3.8, 4) is 16.9 Å². The molecule has 1 atom stereocenters. The van der Waals surface area contributed by atoms with E-state index in [9.17, 15) is 13.6 Å². The second kappa shape index (κ2) is 6.24. The van der Waals surface area contributed by atoms with E-state index in [-0.39, 0.29) is 11.9 Å². The molecular formula is C17H15F2NO3. The number of benzene rings is 2. The SMILES string of the molecule is NC(=O)OC1CCc2cc(-c3ccc(OC(F)F)cc3)ccc21. The molecule has 6 heteroatoms. The van der Waals surface area contributed by atoms with Gasteiger partial charge in [0, 0.05) is 0 Å². The fourth-order valence-electron chi connectivity index (χ4n) is 2.85. The minimum Gasteiger partial charge on any atom is -0.441 e. The van der Waals surface area contributed by atoms with Crippen molar-refractivity contribution in [3.05, 3.63) is 53.6 Å².